The average molecular weight is 399 g/mol. The normalized spacial score (nSPS) is 17.0. The van der Waals surface area contributed by atoms with Gasteiger partial charge < -0.3 is 15.4 Å². The van der Waals surface area contributed by atoms with E-state index in [2.05, 4.69) is 36.9 Å². The molecule has 0 unspecified atom stereocenters. The average Bonchev–Trinajstić information content (AvgIpc) is 3.15. The zero-order valence-electron chi connectivity index (χ0n) is 17.1. The number of nitrogens with two attached hydrogens (primary N) is 1. The monoisotopic (exact) mass is 398 g/mol. The fourth-order valence-electron chi connectivity index (χ4n) is 4.78. The molecule has 0 saturated carbocycles. The number of hydrogen-bond donors (Lipinski definition) is 1. The summed E-state index contributed by atoms with van der Waals surface area (Å²) in [6.07, 6.45) is 1.79. The number of hydrogen-bond acceptors (Lipinski definition) is 3. The Kier molecular flexibility index (Phi) is 4.59. The maximum absolute atomic E-state index is 13.2. The zero-order chi connectivity index (χ0) is 20.7. The van der Waals surface area contributed by atoms with E-state index in [0.717, 1.165) is 40.5 Å². The van der Waals surface area contributed by atoms with E-state index in [0.29, 0.717) is 31.8 Å². The summed E-state index contributed by atoms with van der Waals surface area (Å²) >= 11 is 0. The second-order valence-corrected chi connectivity index (χ2v) is 8.44. The smallest absolute Gasteiger partial charge is 0.253 e. The Bertz CT molecular complexity index is 1140. The predicted molar refractivity (Wildman–Crippen MR) is 120 cm³/mol. The molecule has 1 spiro atoms. The SMILES string of the molecule is C=C(C(=O)N1CCC2(CC1)COc1ccc(CN)cc12)c1ccc2ccccc2c1. The molecular weight excluding hydrogens is 372 g/mol. The number of likely N-dealkylation sites (tertiary alicyclic amines) is 1. The van der Waals surface area contributed by atoms with Crippen molar-refractivity contribution < 1.29 is 9.53 Å². The van der Waals surface area contributed by atoms with Gasteiger partial charge in [-0.1, -0.05) is 55.1 Å². The summed E-state index contributed by atoms with van der Waals surface area (Å²) in [5.74, 6) is 0.988. The molecule has 2 aliphatic heterocycles. The van der Waals surface area contributed by atoms with Crippen LogP contribution in [-0.2, 0) is 16.8 Å². The summed E-state index contributed by atoms with van der Waals surface area (Å²) in [5, 5.41) is 2.29. The van der Waals surface area contributed by atoms with Gasteiger partial charge in [-0.2, -0.15) is 0 Å². The fourth-order valence-corrected chi connectivity index (χ4v) is 4.78. The first-order chi connectivity index (χ1) is 14.6. The minimum Gasteiger partial charge on any atom is -0.492 e. The van der Waals surface area contributed by atoms with Crippen LogP contribution in [0.15, 0.2) is 67.2 Å². The first-order valence-corrected chi connectivity index (χ1v) is 10.5. The van der Waals surface area contributed by atoms with Crippen molar-refractivity contribution in [1.29, 1.82) is 0 Å². The highest BCUT2D eigenvalue weighted by Crippen LogP contribution is 2.46. The third-order valence-electron chi connectivity index (χ3n) is 6.72. The molecule has 0 bridgehead atoms. The Labute approximate surface area is 176 Å². The molecule has 2 aliphatic rings. The molecule has 5 rings (SSSR count). The van der Waals surface area contributed by atoms with Crippen molar-refractivity contribution in [2.45, 2.75) is 24.8 Å². The number of nitrogens with zero attached hydrogens (tertiary/aromatic N) is 1. The van der Waals surface area contributed by atoms with Crippen molar-refractivity contribution in [3.63, 3.8) is 0 Å². The fraction of sp³-hybridized carbons (Fsp3) is 0.269. The van der Waals surface area contributed by atoms with E-state index >= 15 is 0 Å². The van der Waals surface area contributed by atoms with Gasteiger partial charge in [-0.25, -0.2) is 0 Å². The highest BCUT2D eigenvalue weighted by atomic mass is 16.5. The largest absolute Gasteiger partial charge is 0.492 e. The minimum atomic E-state index is -0.0123. The van der Waals surface area contributed by atoms with Gasteiger partial charge in [0, 0.05) is 36.2 Å². The molecule has 30 heavy (non-hydrogen) atoms. The van der Waals surface area contributed by atoms with Crippen molar-refractivity contribution in [2.24, 2.45) is 5.73 Å². The molecule has 2 heterocycles. The highest BCUT2D eigenvalue weighted by Gasteiger charge is 2.44. The number of carbonyl (C=O) groups excluding carboxylic acids is 1. The second-order valence-electron chi connectivity index (χ2n) is 8.44. The summed E-state index contributed by atoms with van der Waals surface area (Å²) in [5.41, 5.74) is 9.66. The molecule has 2 N–H and O–H groups in total. The molecule has 1 saturated heterocycles. The van der Waals surface area contributed by atoms with Gasteiger partial charge in [-0.05, 0) is 46.9 Å². The predicted octanol–water partition coefficient (Wildman–Crippen LogP) is 4.26. The van der Waals surface area contributed by atoms with E-state index in [1.54, 1.807) is 0 Å². The van der Waals surface area contributed by atoms with Gasteiger partial charge >= 0.3 is 0 Å². The third kappa shape index (κ3) is 3.08. The molecule has 152 valence electrons. The molecule has 1 amide bonds. The van der Waals surface area contributed by atoms with E-state index in [-0.39, 0.29) is 11.3 Å². The van der Waals surface area contributed by atoms with Crippen LogP contribution in [0.4, 0.5) is 0 Å². The molecule has 1 fully saturated rings. The summed E-state index contributed by atoms with van der Waals surface area (Å²) in [6, 6.07) is 20.5. The Morgan fingerprint density at radius 1 is 1.03 bits per heavy atom. The summed E-state index contributed by atoms with van der Waals surface area (Å²) in [7, 11) is 0. The topological polar surface area (TPSA) is 55.6 Å². The second kappa shape index (κ2) is 7.29. The van der Waals surface area contributed by atoms with Crippen LogP contribution in [0.3, 0.4) is 0 Å². The molecule has 0 radical (unpaired) electrons. The standard InChI is InChI=1S/C26H26N2O2/c1-18(21-8-7-20-4-2-3-5-22(20)15-21)25(29)28-12-10-26(11-13-28)17-30-24-9-6-19(16-27)14-23(24)26/h2-9,14-15H,1,10-13,16-17,27H2. The number of amides is 1. The molecule has 0 atom stereocenters. The van der Waals surface area contributed by atoms with Crippen molar-refractivity contribution in [3.05, 3.63) is 83.9 Å². The molecular formula is C26H26N2O2. The number of piperidine rings is 1. The first-order valence-electron chi connectivity index (χ1n) is 10.5. The number of ether oxygens (including phenoxy) is 1. The van der Waals surface area contributed by atoms with E-state index in [1.807, 2.05) is 35.2 Å². The summed E-state index contributed by atoms with van der Waals surface area (Å²) in [4.78, 5) is 15.1. The quantitative estimate of drug-likeness (QED) is 0.671. The van der Waals surface area contributed by atoms with Crippen LogP contribution in [0, 0.1) is 0 Å². The van der Waals surface area contributed by atoms with Crippen LogP contribution in [0.5, 0.6) is 5.75 Å². The van der Waals surface area contributed by atoms with Gasteiger partial charge in [-0.15, -0.1) is 0 Å². The highest BCUT2D eigenvalue weighted by molar-refractivity contribution is 6.19. The van der Waals surface area contributed by atoms with Gasteiger partial charge in [-0.3, -0.25) is 4.79 Å². The number of fused-ring (bicyclic) bond motifs is 3. The molecule has 3 aromatic rings. The number of benzene rings is 3. The van der Waals surface area contributed by atoms with Crippen molar-refractivity contribution in [2.75, 3.05) is 19.7 Å². The van der Waals surface area contributed by atoms with Gasteiger partial charge in [0.15, 0.2) is 0 Å². The summed E-state index contributed by atoms with van der Waals surface area (Å²) < 4.78 is 5.98. The van der Waals surface area contributed by atoms with Crippen LogP contribution in [-0.4, -0.2) is 30.5 Å². The zero-order valence-corrected chi connectivity index (χ0v) is 17.1. The lowest BCUT2D eigenvalue weighted by Crippen LogP contribution is -2.46. The maximum Gasteiger partial charge on any atom is 0.253 e. The van der Waals surface area contributed by atoms with Crippen molar-refractivity contribution >= 4 is 22.3 Å². The Hall–Kier alpha value is -3.11. The van der Waals surface area contributed by atoms with Crippen LogP contribution in [0.25, 0.3) is 16.3 Å². The molecule has 0 aliphatic carbocycles. The van der Waals surface area contributed by atoms with E-state index in [4.69, 9.17) is 10.5 Å². The lowest BCUT2D eigenvalue weighted by molar-refractivity contribution is -0.126. The van der Waals surface area contributed by atoms with Gasteiger partial charge in [0.2, 0.25) is 0 Å². The molecule has 4 nitrogen and oxygen atoms in total. The molecule has 0 aromatic heterocycles. The van der Waals surface area contributed by atoms with Crippen molar-refractivity contribution in [3.8, 4) is 5.75 Å². The van der Waals surface area contributed by atoms with E-state index < -0.39 is 0 Å². The first kappa shape index (κ1) is 18.9. The Morgan fingerprint density at radius 3 is 2.57 bits per heavy atom. The van der Waals surface area contributed by atoms with Gasteiger partial charge in [0.25, 0.3) is 5.91 Å². The Balaban J connectivity index is 1.32. The molecule has 3 aromatic carbocycles. The Morgan fingerprint density at radius 2 is 1.80 bits per heavy atom. The lowest BCUT2D eigenvalue weighted by atomic mass is 9.74. The van der Waals surface area contributed by atoms with Crippen molar-refractivity contribution in [1.82, 2.24) is 4.90 Å². The van der Waals surface area contributed by atoms with E-state index in [9.17, 15) is 4.79 Å². The lowest BCUT2D eigenvalue weighted by Gasteiger charge is -2.39. The van der Waals surface area contributed by atoms with Crippen LogP contribution in [0.2, 0.25) is 0 Å². The van der Waals surface area contributed by atoms with E-state index in [1.165, 1.54) is 5.56 Å². The van der Waals surface area contributed by atoms with Crippen LogP contribution < -0.4 is 10.5 Å². The van der Waals surface area contributed by atoms with Gasteiger partial charge in [0.05, 0.1) is 6.61 Å². The third-order valence-corrected chi connectivity index (χ3v) is 6.72. The van der Waals surface area contributed by atoms with Gasteiger partial charge in [0.1, 0.15) is 5.75 Å². The molecule has 4 heteroatoms. The minimum absolute atomic E-state index is 0.0123. The van der Waals surface area contributed by atoms with Crippen LogP contribution in [0.1, 0.15) is 29.5 Å². The van der Waals surface area contributed by atoms with Crippen LogP contribution >= 0.6 is 0 Å². The number of carbonyl (C=O) groups is 1. The number of rotatable bonds is 3. The maximum atomic E-state index is 13.2. The summed E-state index contributed by atoms with van der Waals surface area (Å²) in [6.45, 7) is 6.76.